The maximum absolute atomic E-state index is 10.8. The SMILES string of the molecule is O=C1O[C@H]([C@@H](O)CO)C(=O)[C@@H]1O. The highest BCUT2D eigenvalue weighted by atomic mass is 16.6. The van der Waals surface area contributed by atoms with Crippen molar-refractivity contribution in [2.24, 2.45) is 0 Å². The number of ketones is 1. The molecule has 0 aromatic heterocycles. The summed E-state index contributed by atoms with van der Waals surface area (Å²) in [5.41, 5.74) is 0. The van der Waals surface area contributed by atoms with Crippen LogP contribution in [0.1, 0.15) is 0 Å². The predicted octanol–water partition coefficient (Wildman–Crippen LogP) is -2.80. The second-order valence-corrected chi connectivity index (χ2v) is 2.41. The minimum atomic E-state index is -1.82. The summed E-state index contributed by atoms with van der Waals surface area (Å²) >= 11 is 0. The number of Topliss-reactive ketones (excluding diaryl/α,β-unsaturated/α-hetero) is 1. The van der Waals surface area contributed by atoms with Crippen molar-refractivity contribution in [1.29, 1.82) is 0 Å². The van der Waals surface area contributed by atoms with Crippen molar-refractivity contribution in [3.8, 4) is 0 Å². The zero-order valence-electron chi connectivity index (χ0n) is 6.01. The molecule has 6 nitrogen and oxygen atoms in total. The molecule has 1 fully saturated rings. The lowest BCUT2D eigenvalue weighted by Gasteiger charge is -2.11. The van der Waals surface area contributed by atoms with Gasteiger partial charge in [0, 0.05) is 0 Å². The van der Waals surface area contributed by atoms with Crippen LogP contribution in [-0.4, -0.2) is 52.0 Å². The monoisotopic (exact) mass is 176 g/mol. The van der Waals surface area contributed by atoms with Crippen LogP contribution >= 0.6 is 0 Å². The topological polar surface area (TPSA) is 104 Å². The van der Waals surface area contributed by atoms with Gasteiger partial charge in [-0.15, -0.1) is 0 Å². The van der Waals surface area contributed by atoms with Gasteiger partial charge in [-0.2, -0.15) is 0 Å². The van der Waals surface area contributed by atoms with Gasteiger partial charge in [0.25, 0.3) is 0 Å². The number of aliphatic hydroxyl groups excluding tert-OH is 3. The largest absolute Gasteiger partial charge is 0.449 e. The highest BCUT2D eigenvalue weighted by molar-refractivity contribution is 6.09. The third-order valence-electron chi connectivity index (χ3n) is 1.55. The number of aliphatic hydroxyl groups is 3. The molecule has 1 aliphatic heterocycles. The first kappa shape index (κ1) is 9.11. The lowest BCUT2D eigenvalue weighted by Crippen LogP contribution is -2.36. The first-order valence-corrected chi connectivity index (χ1v) is 3.29. The molecule has 1 saturated heterocycles. The van der Waals surface area contributed by atoms with Crippen molar-refractivity contribution in [2.75, 3.05) is 6.61 Å². The number of hydrogen-bond acceptors (Lipinski definition) is 6. The molecule has 1 aliphatic rings. The Balaban J connectivity index is 2.71. The van der Waals surface area contributed by atoms with E-state index in [0.29, 0.717) is 0 Å². The molecule has 0 radical (unpaired) electrons. The summed E-state index contributed by atoms with van der Waals surface area (Å²) in [7, 11) is 0. The maximum atomic E-state index is 10.8. The van der Waals surface area contributed by atoms with Crippen LogP contribution in [0.5, 0.6) is 0 Å². The zero-order chi connectivity index (χ0) is 9.30. The number of ether oxygens (including phenoxy) is 1. The first-order valence-electron chi connectivity index (χ1n) is 3.29. The van der Waals surface area contributed by atoms with E-state index < -0.39 is 36.7 Å². The Hall–Kier alpha value is -0.980. The standard InChI is InChI=1S/C6H8O6/c7-1-2(8)5-3(9)4(10)6(11)12-5/h2,4-5,7-8,10H,1H2/t2-,4-,5+/m0/s1. The average Bonchev–Trinajstić information content (AvgIpc) is 2.32. The lowest BCUT2D eigenvalue weighted by molar-refractivity contribution is -0.151. The Bertz CT molecular complexity index is 212. The van der Waals surface area contributed by atoms with Crippen LogP contribution in [0.2, 0.25) is 0 Å². The molecule has 0 bridgehead atoms. The van der Waals surface area contributed by atoms with Crippen molar-refractivity contribution in [3.63, 3.8) is 0 Å². The van der Waals surface area contributed by atoms with Gasteiger partial charge < -0.3 is 20.1 Å². The molecule has 0 spiro atoms. The molecular weight excluding hydrogens is 168 g/mol. The van der Waals surface area contributed by atoms with Crippen molar-refractivity contribution >= 4 is 11.8 Å². The van der Waals surface area contributed by atoms with E-state index in [1.165, 1.54) is 0 Å². The van der Waals surface area contributed by atoms with Crippen molar-refractivity contribution in [3.05, 3.63) is 0 Å². The van der Waals surface area contributed by atoms with Crippen LogP contribution < -0.4 is 0 Å². The minimum absolute atomic E-state index is 0.698. The van der Waals surface area contributed by atoms with Crippen molar-refractivity contribution < 1.29 is 29.6 Å². The summed E-state index contributed by atoms with van der Waals surface area (Å²) in [6.07, 6.45) is -4.72. The molecule has 0 saturated carbocycles. The Morgan fingerprint density at radius 2 is 2.08 bits per heavy atom. The molecule has 6 heteroatoms. The number of carbonyl (C=O) groups excluding carboxylic acids is 2. The van der Waals surface area contributed by atoms with E-state index in [4.69, 9.17) is 15.3 Å². The highest BCUT2D eigenvalue weighted by Crippen LogP contribution is 2.13. The van der Waals surface area contributed by atoms with E-state index in [2.05, 4.69) is 4.74 Å². The van der Waals surface area contributed by atoms with Crippen molar-refractivity contribution in [1.82, 2.24) is 0 Å². The van der Waals surface area contributed by atoms with Gasteiger partial charge in [0.1, 0.15) is 6.10 Å². The van der Waals surface area contributed by atoms with E-state index in [9.17, 15) is 9.59 Å². The zero-order valence-corrected chi connectivity index (χ0v) is 6.01. The molecule has 0 unspecified atom stereocenters. The van der Waals surface area contributed by atoms with E-state index in [0.717, 1.165) is 0 Å². The number of rotatable bonds is 2. The second kappa shape index (κ2) is 3.18. The third kappa shape index (κ3) is 1.31. The van der Waals surface area contributed by atoms with Crippen molar-refractivity contribution in [2.45, 2.75) is 18.3 Å². The van der Waals surface area contributed by atoms with Gasteiger partial charge in [-0.1, -0.05) is 0 Å². The number of esters is 1. The van der Waals surface area contributed by atoms with Gasteiger partial charge in [0.2, 0.25) is 11.9 Å². The Morgan fingerprint density at radius 1 is 1.50 bits per heavy atom. The summed E-state index contributed by atoms with van der Waals surface area (Å²) in [5.74, 6) is -2.00. The molecule has 12 heavy (non-hydrogen) atoms. The Labute approximate surface area is 67.4 Å². The van der Waals surface area contributed by atoms with Crippen LogP contribution in [0, 0.1) is 0 Å². The summed E-state index contributed by atoms with van der Waals surface area (Å²) in [5, 5.41) is 26.1. The molecule has 0 amide bonds. The first-order chi connectivity index (χ1) is 5.57. The third-order valence-corrected chi connectivity index (χ3v) is 1.55. The van der Waals surface area contributed by atoms with Crippen LogP contribution in [0.3, 0.4) is 0 Å². The summed E-state index contributed by atoms with van der Waals surface area (Å²) in [4.78, 5) is 21.4. The highest BCUT2D eigenvalue weighted by Gasteiger charge is 2.45. The smallest absolute Gasteiger partial charge is 0.343 e. The second-order valence-electron chi connectivity index (χ2n) is 2.41. The Morgan fingerprint density at radius 3 is 2.42 bits per heavy atom. The van der Waals surface area contributed by atoms with Gasteiger partial charge in [0.05, 0.1) is 6.61 Å². The summed E-state index contributed by atoms with van der Waals surface area (Å²) < 4.78 is 4.29. The van der Waals surface area contributed by atoms with E-state index >= 15 is 0 Å². The lowest BCUT2D eigenvalue weighted by atomic mass is 10.1. The van der Waals surface area contributed by atoms with Gasteiger partial charge in [-0.3, -0.25) is 4.79 Å². The molecule has 0 aromatic carbocycles. The average molecular weight is 176 g/mol. The fourth-order valence-corrected chi connectivity index (χ4v) is 0.883. The fraction of sp³-hybridized carbons (Fsp3) is 0.667. The van der Waals surface area contributed by atoms with Crippen LogP contribution in [-0.2, 0) is 14.3 Å². The number of cyclic esters (lactones) is 1. The predicted molar refractivity (Wildman–Crippen MR) is 34.0 cm³/mol. The molecule has 0 aliphatic carbocycles. The summed E-state index contributed by atoms with van der Waals surface area (Å²) in [6, 6.07) is 0. The molecule has 0 aromatic rings. The van der Waals surface area contributed by atoms with Crippen LogP contribution in [0.25, 0.3) is 0 Å². The number of carbonyl (C=O) groups is 2. The normalized spacial score (nSPS) is 31.9. The minimum Gasteiger partial charge on any atom is -0.449 e. The molecule has 3 atom stereocenters. The molecular formula is C6H8O6. The Kier molecular flexibility index (Phi) is 2.41. The van der Waals surface area contributed by atoms with Gasteiger partial charge >= 0.3 is 5.97 Å². The molecule has 3 N–H and O–H groups in total. The molecule has 1 heterocycles. The van der Waals surface area contributed by atoms with Crippen LogP contribution in [0.15, 0.2) is 0 Å². The van der Waals surface area contributed by atoms with E-state index in [1.807, 2.05) is 0 Å². The van der Waals surface area contributed by atoms with E-state index in [1.54, 1.807) is 0 Å². The summed E-state index contributed by atoms with van der Waals surface area (Å²) in [6.45, 7) is -0.698. The molecule has 1 rings (SSSR count). The van der Waals surface area contributed by atoms with Gasteiger partial charge in [-0.25, -0.2) is 4.79 Å². The molecule has 68 valence electrons. The quantitative estimate of drug-likeness (QED) is 0.310. The fourth-order valence-electron chi connectivity index (χ4n) is 0.883. The van der Waals surface area contributed by atoms with Gasteiger partial charge in [0.15, 0.2) is 6.10 Å². The maximum Gasteiger partial charge on any atom is 0.343 e. The van der Waals surface area contributed by atoms with E-state index in [-0.39, 0.29) is 0 Å². The van der Waals surface area contributed by atoms with Gasteiger partial charge in [-0.05, 0) is 0 Å². The number of hydrogen-bond donors (Lipinski definition) is 3. The van der Waals surface area contributed by atoms with Crippen LogP contribution in [0.4, 0.5) is 0 Å².